The van der Waals surface area contributed by atoms with Crippen molar-refractivity contribution in [3.8, 4) is 12.8 Å². The molecule has 0 aromatic rings. The average Bonchev–Trinajstić information content (AvgIpc) is 2.56. The van der Waals surface area contributed by atoms with Crippen LogP contribution < -0.4 is 0 Å². The topological polar surface area (TPSA) is 59.1 Å². The molecule has 2 amide bonds. The molecule has 2 rings (SSSR count). The SMILES string of the molecule is C.C#C.CC(C)(C)OC(=O)N1CCN(C(=O)OC2CCCCC2)CC1. The lowest BCUT2D eigenvalue weighted by Gasteiger charge is -2.36. The Morgan fingerprint density at radius 1 is 0.880 bits per heavy atom. The van der Waals surface area contributed by atoms with Crippen LogP contribution in [0.3, 0.4) is 0 Å². The quantitative estimate of drug-likeness (QED) is 0.670. The van der Waals surface area contributed by atoms with E-state index in [1.165, 1.54) is 6.42 Å². The Bertz CT molecular complexity index is 428. The Morgan fingerprint density at radius 3 is 1.76 bits per heavy atom. The molecule has 6 nitrogen and oxygen atoms in total. The molecule has 1 aliphatic carbocycles. The number of hydrogen-bond acceptors (Lipinski definition) is 4. The zero-order valence-corrected chi connectivity index (χ0v) is 15.1. The van der Waals surface area contributed by atoms with Gasteiger partial charge in [-0.1, -0.05) is 13.8 Å². The monoisotopic (exact) mass is 354 g/mol. The van der Waals surface area contributed by atoms with E-state index in [2.05, 4.69) is 12.8 Å². The van der Waals surface area contributed by atoms with Crippen molar-refractivity contribution in [1.82, 2.24) is 9.80 Å². The van der Waals surface area contributed by atoms with E-state index in [-0.39, 0.29) is 25.7 Å². The van der Waals surface area contributed by atoms with Crippen LogP contribution in [0.1, 0.15) is 60.3 Å². The van der Waals surface area contributed by atoms with Gasteiger partial charge in [-0.15, -0.1) is 12.8 Å². The molecule has 2 aliphatic rings. The molecule has 0 bridgehead atoms. The van der Waals surface area contributed by atoms with Crippen LogP contribution in [0.15, 0.2) is 0 Å². The molecule has 1 saturated heterocycles. The molecule has 1 saturated carbocycles. The van der Waals surface area contributed by atoms with Crippen LogP contribution in [0.5, 0.6) is 0 Å². The van der Waals surface area contributed by atoms with Crippen LogP contribution in [-0.4, -0.2) is 59.9 Å². The number of rotatable bonds is 1. The Labute approximate surface area is 152 Å². The summed E-state index contributed by atoms with van der Waals surface area (Å²) in [5.41, 5.74) is -0.492. The van der Waals surface area contributed by atoms with Gasteiger partial charge in [-0.25, -0.2) is 9.59 Å². The first kappa shape index (κ1) is 23.1. The second-order valence-electron chi connectivity index (χ2n) is 7.10. The Hall–Kier alpha value is -1.90. The standard InChI is InChI=1S/C16H28N2O4.C2H2.CH4/c1-16(2,3)22-15(20)18-11-9-17(10-12-18)14(19)21-13-7-5-4-6-8-13;1-2;/h13H,4-12H2,1-3H3;1-2H;1H4. The molecular formula is C19H34N2O4. The first-order chi connectivity index (χ1) is 11.3. The average molecular weight is 354 g/mol. The van der Waals surface area contributed by atoms with E-state index in [1.807, 2.05) is 20.8 Å². The maximum absolute atomic E-state index is 12.1. The lowest BCUT2D eigenvalue weighted by atomic mass is 9.98. The molecule has 6 heteroatoms. The van der Waals surface area contributed by atoms with Crippen molar-refractivity contribution in [1.29, 1.82) is 0 Å². The predicted octanol–water partition coefficient (Wildman–Crippen LogP) is 3.89. The molecule has 0 atom stereocenters. The van der Waals surface area contributed by atoms with Gasteiger partial charge in [-0.3, -0.25) is 0 Å². The molecule has 0 N–H and O–H groups in total. The normalized spacial score (nSPS) is 18.3. The van der Waals surface area contributed by atoms with Crippen molar-refractivity contribution in [2.24, 2.45) is 0 Å². The number of ether oxygens (including phenoxy) is 2. The Morgan fingerprint density at radius 2 is 1.32 bits per heavy atom. The number of hydrogen-bond donors (Lipinski definition) is 0. The zero-order valence-electron chi connectivity index (χ0n) is 15.1. The number of nitrogens with zero attached hydrogens (tertiary/aromatic N) is 2. The van der Waals surface area contributed by atoms with Crippen molar-refractivity contribution in [3.05, 3.63) is 0 Å². The molecular weight excluding hydrogens is 320 g/mol. The fourth-order valence-corrected chi connectivity index (χ4v) is 2.80. The van der Waals surface area contributed by atoms with Gasteiger partial charge in [-0.2, -0.15) is 0 Å². The first-order valence-corrected chi connectivity index (χ1v) is 8.62. The second kappa shape index (κ2) is 10.9. The summed E-state index contributed by atoms with van der Waals surface area (Å²) in [4.78, 5) is 27.5. The van der Waals surface area contributed by atoms with Gasteiger partial charge in [-0.05, 0) is 46.5 Å². The van der Waals surface area contributed by atoms with Crippen LogP contribution in [0.25, 0.3) is 0 Å². The minimum atomic E-state index is -0.492. The molecule has 0 unspecified atom stereocenters. The molecule has 2 fully saturated rings. The van der Waals surface area contributed by atoms with Crippen LogP contribution in [-0.2, 0) is 9.47 Å². The van der Waals surface area contributed by atoms with Crippen molar-refractivity contribution >= 4 is 12.2 Å². The summed E-state index contributed by atoms with van der Waals surface area (Å²) in [6.07, 6.45) is 13.0. The highest BCUT2D eigenvalue weighted by Crippen LogP contribution is 2.21. The van der Waals surface area contributed by atoms with Crippen molar-refractivity contribution < 1.29 is 19.1 Å². The van der Waals surface area contributed by atoms with Gasteiger partial charge in [0.1, 0.15) is 11.7 Å². The summed E-state index contributed by atoms with van der Waals surface area (Å²) in [6.45, 7) is 7.55. The number of terminal acetylenes is 1. The lowest BCUT2D eigenvalue weighted by molar-refractivity contribution is 0.00652. The highest BCUT2D eigenvalue weighted by atomic mass is 16.6. The summed E-state index contributed by atoms with van der Waals surface area (Å²) in [7, 11) is 0. The van der Waals surface area contributed by atoms with E-state index in [0.29, 0.717) is 26.2 Å². The summed E-state index contributed by atoms with van der Waals surface area (Å²) in [5, 5.41) is 0. The smallest absolute Gasteiger partial charge is 0.410 e. The fourth-order valence-electron chi connectivity index (χ4n) is 2.80. The molecule has 144 valence electrons. The Balaban J connectivity index is 0.00000185. The lowest BCUT2D eigenvalue weighted by Crippen LogP contribution is -2.52. The molecule has 25 heavy (non-hydrogen) atoms. The minimum Gasteiger partial charge on any atom is -0.446 e. The Kier molecular flexibility index (Phi) is 10.0. The van der Waals surface area contributed by atoms with E-state index in [4.69, 9.17) is 9.47 Å². The van der Waals surface area contributed by atoms with E-state index in [9.17, 15) is 9.59 Å². The largest absolute Gasteiger partial charge is 0.446 e. The molecule has 0 spiro atoms. The third kappa shape index (κ3) is 8.15. The fraction of sp³-hybridized carbons (Fsp3) is 0.789. The molecule has 0 aromatic heterocycles. The summed E-state index contributed by atoms with van der Waals surface area (Å²) < 4.78 is 10.9. The van der Waals surface area contributed by atoms with Gasteiger partial charge in [0, 0.05) is 26.2 Å². The third-order valence-electron chi connectivity index (χ3n) is 4.01. The number of carbonyl (C=O) groups excluding carboxylic acids is 2. The molecule has 0 radical (unpaired) electrons. The number of amides is 2. The molecule has 1 heterocycles. The van der Waals surface area contributed by atoms with E-state index in [0.717, 1.165) is 25.7 Å². The maximum atomic E-state index is 12.1. The second-order valence-corrected chi connectivity index (χ2v) is 7.10. The van der Waals surface area contributed by atoms with Crippen molar-refractivity contribution in [3.63, 3.8) is 0 Å². The molecule has 0 aromatic carbocycles. The third-order valence-corrected chi connectivity index (χ3v) is 4.01. The predicted molar refractivity (Wildman–Crippen MR) is 99.4 cm³/mol. The van der Waals surface area contributed by atoms with E-state index in [1.54, 1.807) is 9.80 Å². The van der Waals surface area contributed by atoms with Gasteiger partial charge in [0.05, 0.1) is 0 Å². The highest BCUT2D eigenvalue weighted by molar-refractivity contribution is 5.70. The van der Waals surface area contributed by atoms with Gasteiger partial charge >= 0.3 is 12.2 Å². The van der Waals surface area contributed by atoms with Crippen LogP contribution in [0, 0.1) is 12.8 Å². The molecule has 1 aliphatic heterocycles. The summed E-state index contributed by atoms with van der Waals surface area (Å²) >= 11 is 0. The highest BCUT2D eigenvalue weighted by Gasteiger charge is 2.29. The van der Waals surface area contributed by atoms with Gasteiger partial charge < -0.3 is 19.3 Å². The van der Waals surface area contributed by atoms with Crippen molar-refractivity contribution in [2.75, 3.05) is 26.2 Å². The number of piperazine rings is 1. The minimum absolute atomic E-state index is 0. The first-order valence-electron chi connectivity index (χ1n) is 8.62. The van der Waals surface area contributed by atoms with Gasteiger partial charge in [0.15, 0.2) is 0 Å². The van der Waals surface area contributed by atoms with Crippen molar-refractivity contribution in [2.45, 2.75) is 72.0 Å². The van der Waals surface area contributed by atoms with E-state index < -0.39 is 5.60 Å². The number of carbonyl (C=O) groups is 2. The summed E-state index contributed by atoms with van der Waals surface area (Å²) in [6, 6.07) is 0. The van der Waals surface area contributed by atoms with Crippen LogP contribution >= 0.6 is 0 Å². The summed E-state index contributed by atoms with van der Waals surface area (Å²) in [5.74, 6) is 0. The van der Waals surface area contributed by atoms with E-state index >= 15 is 0 Å². The van der Waals surface area contributed by atoms with Crippen LogP contribution in [0.4, 0.5) is 9.59 Å². The van der Waals surface area contributed by atoms with Crippen LogP contribution in [0.2, 0.25) is 0 Å². The maximum Gasteiger partial charge on any atom is 0.410 e. The van der Waals surface area contributed by atoms with Gasteiger partial charge in [0.25, 0.3) is 0 Å². The zero-order chi connectivity index (χ0) is 18.2. The van der Waals surface area contributed by atoms with Gasteiger partial charge in [0.2, 0.25) is 0 Å².